The molecule has 0 saturated heterocycles. The molecule has 0 aliphatic carbocycles. The van der Waals surface area contributed by atoms with Gasteiger partial charge in [0.05, 0.1) is 0 Å². The molecule has 0 aromatic rings. The maximum absolute atomic E-state index is 13.1. The molecule has 2 atom stereocenters. The molecule has 0 saturated carbocycles. The van der Waals surface area contributed by atoms with Crippen LogP contribution in [0.2, 0.25) is 0 Å². The van der Waals surface area contributed by atoms with E-state index in [0.29, 0.717) is 0 Å². The molecule has 0 aromatic carbocycles. The average molecular weight is 312 g/mol. The molecule has 0 rings (SSSR count). The summed E-state index contributed by atoms with van der Waals surface area (Å²) in [5, 5.41) is 0. The van der Waals surface area contributed by atoms with Gasteiger partial charge >= 0.3 is 24.3 Å². The molecule has 1 nitrogen and oxygen atoms in total. The molecule has 0 amide bonds. The van der Waals surface area contributed by atoms with Gasteiger partial charge in [0.1, 0.15) is 6.61 Å². The first-order valence-electron chi connectivity index (χ1n) is 4.03. The van der Waals surface area contributed by atoms with E-state index in [0.717, 1.165) is 0 Å². The first-order valence-corrected chi connectivity index (χ1v) is 4.03. The quantitative estimate of drug-likeness (QED) is 0.707. The summed E-state index contributed by atoms with van der Waals surface area (Å²) in [5.74, 6) is -9.34. The normalized spacial score (nSPS) is 17.8. The second-order valence-corrected chi connectivity index (χ2v) is 3.03. The Morgan fingerprint density at radius 3 is 1.58 bits per heavy atom. The number of halogens is 11. The van der Waals surface area contributed by atoms with E-state index in [4.69, 9.17) is 0 Å². The van der Waals surface area contributed by atoms with Crippen molar-refractivity contribution >= 4 is 0 Å². The molecule has 2 unspecified atom stereocenters. The lowest BCUT2D eigenvalue weighted by molar-refractivity contribution is -0.299. The largest absolute Gasteiger partial charge is 0.425 e. The van der Waals surface area contributed by atoms with Gasteiger partial charge in [0.25, 0.3) is 6.17 Å². The second kappa shape index (κ2) is 5.51. The molecule has 19 heavy (non-hydrogen) atoms. The molecule has 0 fully saturated rings. The monoisotopic (exact) mass is 312 g/mol. The van der Waals surface area contributed by atoms with Gasteiger partial charge in [0, 0.05) is 0 Å². The minimum Gasteiger partial charge on any atom is -0.328 e. The molecule has 0 aliphatic heterocycles. The van der Waals surface area contributed by atoms with Crippen LogP contribution in [-0.2, 0) is 4.74 Å². The van der Waals surface area contributed by atoms with Crippen molar-refractivity contribution in [1.82, 2.24) is 0 Å². The SMILES string of the molecule is FC(F)=C(F)C(F)(OCC(F)(F)F)C(F)C(F)(F)F. The number of alkyl halides is 8. The van der Waals surface area contributed by atoms with E-state index in [1.54, 1.807) is 0 Å². The van der Waals surface area contributed by atoms with Crippen LogP contribution in [0.15, 0.2) is 11.9 Å². The Labute approximate surface area is 97.2 Å². The zero-order valence-corrected chi connectivity index (χ0v) is 8.35. The van der Waals surface area contributed by atoms with Crippen LogP contribution in [0, 0.1) is 0 Å². The molecular weight excluding hydrogens is 309 g/mol. The van der Waals surface area contributed by atoms with Crippen LogP contribution < -0.4 is 0 Å². The van der Waals surface area contributed by atoms with Crippen molar-refractivity contribution in [2.45, 2.75) is 24.4 Å². The van der Waals surface area contributed by atoms with Crippen molar-refractivity contribution < 1.29 is 53.0 Å². The lowest BCUT2D eigenvalue weighted by atomic mass is 10.1. The van der Waals surface area contributed by atoms with Crippen molar-refractivity contribution in [1.29, 1.82) is 0 Å². The third-order valence-electron chi connectivity index (χ3n) is 1.52. The topological polar surface area (TPSA) is 9.23 Å². The lowest BCUT2D eigenvalue weighted by Crippen LogP contribution is -2.49. The summed E-state index contributed by atoms with van der Waals surface area (Å²) in [4.78, 5) is 0. The van der Waals surface area contributed by atoms with Gasteiger partial charge in [-0.3, -0.25) is 0 Å². The van der Waals surface area contributed by atoms with E-state index in [9.17, 15) is 48.3 Å². The molecule has 0 radical (unpaired) electrons. The fourth-order valence-electron chi connectivity index (χ4n) is 0.774. The summed E-state index contributed by atoms with van der Waals surface area (Å²) >= 11 is 0. The Kier molecular flexibility index (Phi) is 5.20. The highest BCUT2D eigenvalue weighted by Gasteiger charge is 2.62. The smallest absolute Gasteiger partial charge is 0.328 e. The first-order chi connectivity index (χ1) is 8.22. The van der Waals surface area contributed by atoms with Gasteiger partial charge in [0.2, 0.25) is 5.83 Å². The molecule has 114 valence electrons. The van der Waals surface area contributed by atoms with Gasteiger partial charge in [0.15, 0.2) is 0 Å². The third-order valence-corrected chi connectivity index (χ3v) is 1.52. The summed E-state index contributed by atoms with van der Waals surface area (Å²) in [7, 11) is 0. The molecular formula is C7H3F11O. The molecule has 12 heteroatoms. The molecule has 0 bridgehead atoms. The van der Waals surface area contributed by atoms with E-state index in [2.05, 4.69) is 4.74 Å². The van der Waals surface area contributed by atoms with Crippen molar-refractivity contribution in [2.24, 2.45) is 0 Å². The fraction of sp³-hybridized carbons (Fsp3) is 0.714. The zero-order chi connectivity index (χ0) is 15.6. The molecule has 0 aliphatic rings. The Morgan fingerprint density at radius 1 is 0.895 bits per heavy atom. The van der Waals surface area contributed by atoms with Gasteiger partial charge in [-0.1, -0.05) is 0 Å². The van der Waals surface area contributed by atoms with Crippen molar-refractivity contribution in [2.75, 3.05) is 6.61 Å². The van der Waals surface area contributed by atoms with Gasteiger partial charge in [-0.05, 0) is 0 Å². The van der Waals surface area contributed by atoms with Gasteiger partial charge < -0.3 is 4.74 Å². The van der Waals surface area contributed by atoms with Crippen LogP contribution in [-0.4, -0.2) is 31.0 Å². The van der Waals surface area contributed by atoms with Gasteiger partial charge in [-0.25, -0.2) is 8.78 Å². The predicted molar refractivity (Wildman–Crippen MR) is 37.1 cm³/mol. The second-order valence-electron chi connectivity index (χ2n) is 3.03. The summed E-state index contributed by atoms with van der Waals surface area (Å²) < 4.78 is 134. The maximum Gasteiger partial charge on any atom is 0.425 e. The number of hydrogen-bond acceptors (Lipinski definition) is 1. The standard InChI is InChI=1S/C7H3F11O/c8-2(3(9)10)6(15,4(11)7(16,17)18)19-1-5(12,13)14/h4H,1H2. The number of rotatable bonds is 4. The molecule has 0 aromatic heterocycles. The summed E-state index contributed by atoms with van der Waals surface area (Å²) in [6, 6.07) is 0. The van der Waals surface area contributed by atoms with Crippen LogP contribution in [0.5, 0.6) is 0 Å². The predicted octanol–water partition coefficient (Wildman–Crippen LogP) is 4.21. The van der Waals surface area contributed by atoms with Crippen LogP contribution in [0.25, 0.3) is 0 Å². The minimum absolute atomic E-state index is 2.71. The maximum atomic E-state index is 13.1. The minimum atomic E-state index is -6.26. The van der Waals surface area contributed by atoms with Crippen molar-refractivity contribution in [3.05, 3.63) is 11.9 Å². The average Bonchev–Trinajstić information content (AvgIpc) is 2.21. The molecule has 0 heterocycles. The van der Waals surface area contributed by atoms with Crippen LogP contribution >= 0.6 is 0 Å². The fourth-order valence-corrected chi connectivity index (χ4v) is 0.774. The van der Waals surface area contributed by atoms with E-state index in [1.807, 2.05) is 0 Å². The van der Waals surface area contributed by atoms with Crippen molar-refractivity contribution in [3.63, 3.8) is 0 Å². The van der Waals surface area contributed by atoms with Gasteiger partial charge in [-0.15, -0.1) is 0 Å². The van der Waals surface area contributed by atoms with E-state index in [1.165, 1.54) is 0 Å². The number of hydrogen-bond donors (Lipinski definition) is 0. The molecule has 0 spiro atoms. The van der Waals surface area contributed by atoms with Crippen LogP contribution in [0.1, 0.15) is 0 Å². The molecule has 0 N–H and O–H groups in total. The van der Waals surface area contributed by atoms with Crippen molar-refractivity contribution in [3.8, 4) is 0 Å². The Morgan fingerprint density at radius 2 is 1.32 bits per heavy atom. The van der Waals surface area contributed by atoms with Crippen LogP contribution in [0.3, 0.4) is 0 Å². The first kappa shape index (κ1) is 17.9. The van der Waals surface area contributed by atoms with Crippen LogP contribution in [0.4, 0.5) is 48.3 Å². The van der Waals surface area contributed by atoms with Gasteiger partial charge in [-0.2, -0.15) is 39.5 Å². The summed E-state index contributed by atoms with van der Waals surface area (Å²) in [5.41, 5.74) is 0. The number of ether oxygens (including phenoxy) is 1. The Balaban J connectivity index is 5.45. The summed E-state index contributed by atoms with van der Waals surface area (Å²) in [6.45, 7) is -2.90. The highest BCUT2D eigenvalue weighted by Crippen LogP contribution is 2.42. The summed E-state index contributed by atoms with van der Waals surface area (Å²) in [6.07, 6.45) is -20.6. The van der Waals surface area contributed by atoms with E-state index in [-0.39, 0.29) is 0 Å². The lowest BCUT2D eigenvalue weighted by Gasteiger charge is -2.28. The van der Waals surface area contributed by atoms with E-state index >= 15 is 0 Å². The highest BCUT2D eigenvalue weighted by molar-refractivity contribution is 5.10. The highest BCUT2D eigenvalue weighted by atomic mass is 19.4. The zero-order valence-electron chi connectivity index (χ0n) is 8.35. The Bertz CT molecular complexity index is 338. The Hall–Kier alpha value is -1.07. The van der Waals surface area contributed by atoms with E-state index < -0.39 is 42.9 Å². The third kappa shape index (κ3) is 4.84.